The third-order valence-electron chi connectivity index (χ3n) is 3.31. The van der Waals surface area contributed by atoms with Gasteiger partial charge in [0.15, 0.2) is 0 Å². The molecule has 0 radical (unpaired) electrons. The Hall–Kier alpha value is -0.0800. The van der Waals surface area contributed by atoms with Crippen molar-refractivity contribution in [2.24, 2.45) is 17.6 Å². The lowest BCUT2D eigenvalue weighted by Crippen LogP contribution is -2.35. The molecule has 0 aromatic carbocycles. The lowest BCUT2D eigenvalue weighted by molar-refractivity contribution is 0.166. The Labute approximate surface area is 68.7 Å². The zero-order chi connectivity index (χ0) is 7.84. The molecule has 0 aromatic rings. The molecular formula is C9H18N2. The van der Waals surface area contributed by atoms with Crippen molar-refractivity contribution in [3.63, 3.8) is 0 Å². The van der Waals surface area contributed by atoms with Gasteiger partial charge in [0.25, 0.3) is 0 Å². The second-order valence-corrected chi connectivity index (χ2v) is 4.30. The summed E-state index contributed by atoms with van der Waals surface area (Å²) in [4.78, 5) is 2.44. The van der Waals surface area contributed by atoms with E-state index in [-0.39, 0.29) is 0 Å². The highest BCUT2D eigenvalue weighted by Gasteiger charge is 2.35. The molecule has 1 saturated heterocycles. The van der Waals surface area contributed by atoms with E-state index in [0.29, 0.717) is 6.04 Å². The molecule has 11 heavy (non-hydrogen) atoms. The Morgan fingerprint density at radius 3 is 2.82 bits per heavy atom. The molecule has 0 unspecified atom stereocenters. The molecule has 0 spiro atoms. The predicted molar refractivity (Wildman–Crippen MR) is 46.3 cm³/mol. The zero-order valence-electron chi connectivity index (χ0n) is 7.29. The molecule has 1 aliphatic carbocycles. The van der Waals surface area contributed by atoms with Crippen LogP contribution in [0.4, 0.5) is 0 Å². The van der Waals surface area contributed by atoms with E-state index in [0.717, 1.165) is 11.8 Å². The number of piperidine rings is 1. The molecule has 0 aromatic heterocycles. The van der Waals surface area contributed by atoms with E-state index in [1.54, 1.807) is 0 Å². The summed E-state index contributed by atoms with van der Waals surface area (Å²) in [6, 6.07) is 0.511. The molecule has 2 heteroatoms. The Morgan fingerprint density at radius 1 is 1.27 bits per heavy atom. The summed E-state index contributed by atoms with van der Waals surface area (Å²) in [5.74, 6) is 1.88. The third kappa shape index (κ3) is 1.42. The number of hydrogen-bond donors (Lipinski definition) is 1. The molecule has 0 amide bonds. The van der Waals surface area contributed by atoms with Gasteiger partial charge in [-0.3, -0.25) is 0 Å². The van der Waals surface area contributed by atoms with E-state index in [1.165, 1.54) is 32.4 Å². The minimum atomic E-state index is 0.511. The number of hydrogen-bond acceptors (Lipinski definition) is 2. The van der Waals surface area contributed by atoms with Crippen LogP contribution >= 0.6 is 0 Å². The molecule has 2 rings (SSSR count). The molecule has 2 N–H and O–H groups in total. The van der Waals surface area contributed by atoms with Gasteiger partial charge in [-0.1, -0.05) is 0 Å². The highest BCUT2D eigenvalue weighted by molar-refractivity contribution is 4.89. The monoisotopic (exact) mass is 154 g/mol. The number of nitrogens with two attached hydrogens (primary N) is 1. The van der Waals surface area contributed by atoms with Gasteiger partial charge in [-0.25, -0.2) is 0 Å². The van der Waals surface area contributed by atoms with Crippen molar-refractivity contribution >= 4 is 0 Å². The smallest absolute Gasteiger partial charge is 0.00448 e. The van der Waals surface area contributed by atoms with Crippen molar-refractivity contribution in [2.45, 2.75) is 25.3 Å². The van der Waals surface area contributed by atoms with Gasteiger partial charge in [-0.2, -0.15) is 0 Å². The van der Waals surface area contributed by atoms with Crippen molar-refractivity contribution in [1.82, 2.24) is 4.90 Å². The van der Waals surface area contributed by atoms with Gasteiger partial charge >= 0.3 is 0 Å². The highest BCUT2D eigenvalue weighted by atomic mass is 15.1. The van der Waals surface area contributed by atoms with E-state index < -0.39 is 0 Å². The van der Waals surface area contributed by atoms with E-state index in [9.17, 15) is 0 Å². The van der Waals surface area contributed by atoms with Crippen LogP contribution in [0.15, 0.2) is 0 Å². The summed E-state index contributed by atoms with van der Waals surface area (Å²) in [5.41, 5.74) is 5.92. The van der Waals surface area contributed by atoms with Crippen LogP contribution in [-0.4, -0.2) is 31.1 Å². The summed E-state index contributed by atoms with van der Waals surface area (Å²) in [7, 11) is 2.22. The number of rotatable bonds is 0. The minimum absolute atomic E-state index is 0.511. The van der Waals surface area contributed by atoms with Crippen molar-refractivity contribution < 1.29 is 0 Å². The maximum Gasteiger partial charge on any atom is 0.00448 e. The lowest BCUT2D eigenvalue weighted by Gasteiger charge is -2.32. The van der Waals surface area contributed by atoms with Gasteiger partial charge in [-0.05, 0) is 44.7 Å². The fourth-order valence-electron chi connectivity index (χ4n) is 2.71. The highest BCUT2D eigenvalue weighted by Crippen LogP contribution is 2.36. The first-order valence-corrected chi connectivity index (χ1v) is 4.70. The third-order valence-corrected chi connectivity index (χ3v) is 3.31. The van der Waals surface area contributed by atoms with Crippen LogP contribution in [0.1, 0.15) is 19.3 Å². The quantitative estimate of drug-likeness (QED) is 0.556. The average molecular weight is 154 g/mol. The van der Waals surface area contributed by atoms with Gasteiger partial charge < -0.3 is 10.6 Å². The normalized spacial score (nSPS) is 45.8. The van der Waals surface area contributed by atoms with Gasteiger partial charge in [-0.15, -0.1) is 0 Å². The van der Waals surface area contributed by atoms with Crippen LogP contribution in [0.25, 0.3) is 0 Å². The SMILES string of the molecule is CN1CC[C@@H]2C[C@@H](N)C[C@@H]2C1. The second-order valence-electron chi connectivity index (χ2n) is 4.30. The zero-order valence-corrected chi connectivity index (χ0v) is 7.29. The largest absolute Gasteiger partial charge is 0.328 e. The standard InChI is InChI=1S/C9H18N2/c1-11-3-2-7-4-9(10)5-8(7)6-11/h7-9H,2-6,10H2,1H3/t7-,8-,9-/m1/s1. The predicted octanol–water partition coefficient (Wildman–Crippen LogP) is 0.675. The molecule has 1 aliphatic heterocycles. The van der Waals surface area contributed by atoms with E-state index in [1.807, 2.05) is 0 Å². The average Bonchev–Trinajstić information content (AvgIpc) is 2.27. The van der Waals surface area contributed by atoms with E-state index >= 15 is 0 Å². The molecule has 0 bridgehead atoms. The van der Waals surface area contributed by atoms with E-state index in [4.69, 9.17) is 5.73 Å². The second kappa shape index (κ2) is 2.76. The van der Waals surface area contributed by atoms with E-state index in [2.05, 4.69) is 11.9 Å². The van der Waals surface area contributed by atoms with Crippen molar-refractivity contribution in [1.29, 1.82) is 0 Å². The van der Waals surface area contributed by atoms with Crippen LogP contribution in [-0.2, 0) is 0 Å². The Bertz CT molecular complexity index is 146. The number of nitrogens with zero attached hydrogens (tertiary/aromatic N) is 1. The first kappa shape index (κ1) is 7.56. The Balaban J connectivity index is 1.97. The molecule has 1 saturated carbocycles. The molecule has 2 fully saturated rings. The molecule has 64 valence electrons. The molecule has 1 heterocycles. The first-order valence-electron chi connectivity index (χ1n) is 4.70. The van der Waals surface area contributed by atoms with Gasteiger partial charge in [0.2, 0.25) is 0 Å². The molecule has 2 nitrogen and oxygen atoms in total. The van der Waals surface area contributed by atoms with Crippen LogP contribution in [0, 0.1) is 11.8 Å². The summed E-state index contributed by atoms with van der Waals surface area (Å²) >= 11 is 0. The Kier molecular flexibility index (Phi) is 1.90. The van der Waals surface area contributed by atoms with Crippen LogP contribution in [0.2, 0.25) is 0 Å². The summed E-state index contributed by atoms with van der Waals surface area (Å²) in [6.45, 7) is 2.58. The summed E-state index contributed by atoms with van der Waals surface area (Å²) in [5, 5.41) is 0. The van der Waals surface area contributed by atoms with Crippen LogP contribution < -0.4 is 5.73 Å². The van der Waals surface area contributed by atoms with Crippen LogP contribution in [0.5, 0.6) is 0 Å². The summed E-state index contributed by atoms with van der Waals surface area (Å²) < 4.78 is 0. The number of likely N-dealkylation sites (tertiary alicyclic amines) is 1. The fraction of sp³-hybridized carbons (Fsp3) is 1.00. The Morgan fingerprint density at radius 2 is 2.00 bits per heavy atom. The fourth-order valence-corrected chi connectivity index (χ4v) is 2.71. The van der Waals surface area contributed by atoms with Crippen LogP contribution in [0.3, 0.4) is 0 Å². The maximum absolute atomic E-state index is 5.92. The van der Waals surface area contributed by atoms with Crippen molar-refractivity contribution in [3.8, 4) is 0 Å². The lowest BCUT2D eigenvalue weighted by atomic mass is 9.89. The van der Waals surface area contributed by atoms with Crippen molar-refractivity contribution in [3.05, 3.63) is 0 Å². The summed E-state index contributed by atoms with van der Waals surface area (Å²) in [6.07, 6.45) is 3.95. The topological polar surface area (TPSA) is 29.3 Å². The van der Waals surface area contributed by atoms with Gasteiger partial charge in [0.1, 0.15) is 0 Å². The minimum Gasteiger partial charge on any atom is -0.328 e. The van der Waals surface area contributed by atoms with Gasteiger partial charge in [0, 0.05) is 12.6 Å². The molecular weight excluding hydrogens is 136 g/mol. The number of fused-ring (bicyclic) bond motifs is 1. The molecule has 3 atom stereocenters. The maximum atomic E-state index is 5.92. The molecule has 2 aliphatic rings. The van der Waals surface area contributed by atoms with Gasteiger partial charge in [0.05, 0.1) is 0 Å². The first-order chi connectivity index (χ1) is 5.25. The van der Waals surface area contributed by atoms with Crippen molar-refractivity contribution in [2.75, 3.05) is 20.1 Å².